The van der Waals surface area contributed by atoms with Crippen LogP contribution in [0.3, 0.4) is 0 Å². The zero-order valence-corrected chi connectivity index (χ0v) is 19.2. The molecule has 0 aromatic carbocycles. The fraction of sp³-hybridized carbons (Fsp3) is 0.667. The smallest absolute Gasteiger partial charge is 0.236 e. The Bertz CT molecular complexity index is 986. The first-order chi connectivity index (χ1) is 16.4. The Morgan fingerprint density at radius 2 is 1.40 bits per heavy atom. The van der Waals surface area contributed by atoms with Gasteiger partial charge in [0, 0.05) is 24.8 Å². The van der Waals surface area contributed by atoms with Gasteiger partial charge < -0.3 is 0 Å². The molecule has 0 N–H and O–H groups in total. The zero-order chi connectivity index (χ0) is 25.4. The van der Waals surface area contributed by atoms with E-state index in [9.17, 15) is 30.7 Å². The number of halogens is 7. The normalized spacial score (nSPS) is 20.2. The Morgan fingerprint density at radius 3 is 1.83 bits per heavy atom. The highest BCUT2D eigenvalue weighted by Gasteiger charge is 2.63. The average Bonchev–Trinajstić information content (AvgIpc) is 3.73. The van der Waals surface area contributed by atoms with Gasteiger partial charge in [-0.3, -0.25) is 0 Å². The predicted molar refractivity (Wildman–Crippen MR) is 113 cm³/mol. The van der Waals surface area contributed by atoms with Crippen molar-refractivity contribution in [3.05, 3.63) is 47.6 Å². The molecule has 4 nitrogen and oxygen atoms in total. The van der Waals surface area contributed by atoms with E-state index in [0.29, 0.717) is 29.9 Å². The molecule has 35 heavy (non-hydrogen) atoms. The lowest BCUT2D eigenvalue weighted by molar-refractivity contribution is -0.190. The van der Waals surface area contributed by atoms with E-state index < -0.39 is 47.4 Å². The van der Waals surface area contributed by atoms with Gasteiger partial charge in [0.05, 0.1) is 5.41 Å². The van der Waals surface area contributed by atoms with Crippen LogP contribution in [0.5, 0.6) is 0 Å². The van der Waals surface area contributed by atoms with Gasteiger partial charge >= 0.3 is 6.18 Å². The molecule has 0 saturated heterocycles. The van der Waals surface area contributed by atoms with Gasteiger partial charge in [-0.1, -0.05) is 19.8 Å². The van der Waals surface area contributed by atoms with E-state index in [2.05, 4.69) is 19.9 Å². The molecule has 0 aliphatic heterocycles. The van der Waals surface area contributed by atoms with Gasteiger partial charge in [-0.05, 0) is 66.9 Å². The Labute approximate surface area is 198 Å². The summed E-state index contributed by atoms with van der Waals surface area (Å²) in [6.07, 6.45) is -1.38. The summed E-state index contributed by atoms with van der Waals surface area (Å²) in [5.74, 6) is -1.38. The van der Waals surface area contributed by atoms with Crippen LogP contribution in [0, 0.1) is 11.3 Å². The van der Waals surface area contributed by atoms with Gasteiger partial charge in [-0.15, -0.1) is 0 Å². The molecule has 2 aromatic rings. The lowest BCUT2D eigenvalue weighted by Gasteiger charge is -2.33. The first-order valence-electron chi connectivity index (χ1n) is 11.7. The molecule has 2 aliphatic carbocycles. The predicted octanol–water partition coefficient (Wildman–Crippen LogP) is 7.50. The number of hydrogen-bond donors (Lipinski definition) is 0. The van der Waals surface area contributed by atoms with Crippen LogP contribution in [0.25, 0.3) is 0 Å². The standard InChI is InChI=1S/C24H27F7N4/c1-22(8-14-2-3-14,17-12-34-21(19(27)28)35-13-17)5-4-15(9-23(6-7-23)24(29,30)31)16-10-32-20(18(25)26)33-11-16/h10-15,18-19H,2-9H2,1H3. The third-order valence-electron chi connectivity index (χ3n) is 7.50. The van der Waals surface area contributed by atoms with Crippen LogP contribution in [-0.2, 0) is 5.41 Å². The average molecular weight is 504 g/mol. The van der Waals surface area contributed by atoms with Gasteiger partial charge in [0.15, 0.2) is 11.6 Å². The minimum Gasteiger partial charge on any atom is -0.236 e. The Balaban J connectivity index is 1.58. The fourth-order valence-corrected chi connectivity index (χ4v) is 4.86. The third kappa shape index (κ3) is 5.91. The SMILES string of the molecule is CC(CCC(CC1(C(F)(F)F)CC1)c1cnc(C(F)F)nc1)(CC1CC1)c1cnc(C(F)F)nc1. The van der Waals surface area contributed by atoms with Crippen molar-refractivity contribution < 1.29 is 30.7 Å². The van der Waals surface area contributed by atoms with Crippen molar-refractivity contribution in [3.8, 4) is 0 Å². The van der Waals surface area contributed by atoms with Crippen molar-refractivity contribution in [1.29, 1.82) is 0 Å². The van der Waals surface area contributed by atoms with E-state index >= 15 is 0 Å². The number of rotatable bonds is 11. The maximum atomic E-state index is 13.8. The summed E-state index contributed by atoms with van der Waals surface area (Å²) in [6, 6.07) is 0. The van der Waals surface area contributed by atoms with Crippen molar-refractivity contribution in [2.75, 3.05) is 0 Å². The third-order valence-corrected chi connectivity index (χ3v) is 7.50. The molecule has 4 rings (SSSR count). The monoisotopic (exact) mass is 504 g/mol. The van der Waals surface area contributed by atoms with Gasteiger partial charge in [0.2, 0.25) is 0 Å². The van der Waals surface area contributed by atoms with Crippen molar-refractivity contribution in [2.24, 2.45) is 11.3 Å². The Kier molecular flexibility index (Phi) is 7.07. The minimum absolute atomic E-state index is 0.0330. The molecule has 2 aromatic heterocycles. The van der Waals surface area contributed by atoms with Crippen LogP contribution in [0.4, 0.5) is 30.7 Å². The molecule has 11 heteroatoms. The molecule has 2 atom stereocenters. The summed E-state index contributed by atoms with van der Waals surface area (Å²) in [4.78, 5) is 14.9. The molecule has 2 fully saturated rings. The number of aromatic nitrogens is 4. The summed E-state index contributed by atoms with van der Waals surface area (Å²) in [6.45, 7) is 1.95. The summed E-state index contributed by atoms with van der Waals surface area (Å²) in [7, 11) is 0. The molecule has 2 saturated carbocycles. The van der Waals surface area contributed by atoms with Crippen LogP contribution in [0.2, 0.25) is 0 Å². The van der Waals surface area contributed by atoms with Crippen LogP contribution in [0.1, 0.15) is 99.8 Å². The molecule has 0 radical (unpaired) electrons. The lowest BCUT2D eigenvalue weighted by atomic mass is 9.72. The van der Waals surface area contributed by atoms with Crippen LogP contribution >= 0.6 is 0 Å². The zero-order valence-electron chi connectivity index (χ0n) is 19.2. The van der Waals surface area contributed by atoms with E-state index in [4.69, 9.17) is 0 Å². The molecule has 0 bridgehead atoms. The first-order valence-corrected chi connectivity index (χ1v) is 11.7. The van der Waals surface area contributed by atoms with Gasteiger partial charge in [-0.2, -0.15) is 13.2 Å². The highest BCUT2D eigenvalue weighted by Crippen LogP contribution is 2.62. The number of alkyl halides is 7. The van der Waals surface area contributed by atoms with Crippen molar-refractivity contribution in [3.63, 3.8) is 0 Å². The highest BCUT2D eigenvalue weighted by atomic mass is 19.4. The Morgan fingerprint density at radius 1 is 0.886 bits per heavy atom. The maximum absolute atomic E-state index is 13.8. The van der Waals surface area contributed by atoms with E-state index in [1.807, 2.05) is 6.92 Å². The van der Waals surface area contributed by atoms with Crippen LogP contribution in [0.15, 0.2) is 24.8 Å². The van der Waals surface area contributed by atoms with E-state index in [0.717, 1.165) is 19.3 Å². The summed E-state index contributed by atoms with van der Waals surface area (Å²) in [5, 5.41) is 0. The van der Waals surface area contributed by atoms with E-state index in [1.54, 1.807) is 0 Å². The van der Waals surface area contributed by atoms with Crippen molar-refractivity contribution in [2.45, 2.75) is 88.7 Å². The first kappa shape index (κ1) is 25.8. The largest absolute Gasteiger partial charge is 0.394 e. The van der Waals surface area contributed by atoms with E-state index in [-0.39, 0.29) is 19.3 Å². The Hall–Kier alpha value is -2.33. The number of nitrogens with zero attached hydrogens (tertiary/aromatic N) is 4. The van der Waals surface area contributed by atoms with Gasteiger partial charge in [-0.25, -0.2) is 37.5 Å². The summed E-state index contributed by atoms with van der Waals surface area (Å²) < 4.78 is 92.9. The van der Waals surface area contributed by atoms with Crippen LogP contribution in [-0.4, -0.2) is 26.1 Å². The fourth-order valence-electron chi connectivity index (χ4n) is 4.86. The minimum atomic E-state index is -4.36. The molecule has 0 amide bonds. The number of hydrogen-bond acceptors (Lipinski definition) is 4. The summed E-state index contributed by atoms with van der Waals surface area (Å²) >= 11 is 0. The van der Waals surface area contributed by atoms with Crippen molar-refractivity contribution in [1.82, 2.24) is 19.9 Å². The molecule has 2 aliphatic rings. The topological polar surface area (TPSA) is 51.6 Å². The molecule has 0 spiro atoms. The second-order valence-corrected chi connectivity index (χ2v) is 10.2. The van der Waals surface area contributed by atoms with Gasteiger partial charge in [0.1, 0.15) is 0 Å². The molecular weight excluding hydrogens is 477 g/mol. The van der Waals surface area contributed by atoms with Gasteiger partial charge in [0.25, 0.3) is 12.9 Å². The maximum Gasteiger partial charge on any atom is 0.394 e. The molecular formula is C24H27F7N4. The molecule has 2 heterocycles. The summed E-state index contributed by atoms with van der Waals surface area (Å²) in [5.41, 5.74) is -1.26. The second-order valence-electron chi connectivity index (χ2n) is 10.2. The second kappa shape index (κ2) is 9.61. The molecule has 2 unspecified atom stereocenters. The van der Waals surface area contributed by atoms with Crippen molar-refractivity contribution >= 4 is 0 Å². The quantitative estimate of drug-likeness (QED) is 0.298. The van der Waals surface area contributed by atoms with E-state index in [1.165, 1.54) is 24.8 Å². The highest BCUT2D eigenvalue weighted by molar-refractivity contribution is 5.21. The molecule has 192 valence electrons. The van der Waals surface area contributed by atoms with Crippen LogP contribution < -0.4 is 0 Å². The lowest BCUT2D eigenvalue weighted by Crippen LogP contribution is -2.28.